The van der Waals surface area contributed by atoms with Gasteiger partial charge in [-0.3, -0.25) is 4.79 Å². The minimum Gasteiger partial charge on any atom is -0.323 e. The third-order valence-corrected chi connectivity index (χ3v) is 3.62. The van der Waals surface area contributed by atoms with E-state index >= 15 is 0 Å². The molecule has 4 heteroatoms. The number of carbonyl (C=O) groups excluding carboxylic acids is 1. The van der Waals surface area contributed by atoms with E-state index in [2.05, 4.69) is 21.2 Å². The molecule has 2 nitrogen and oxygen atoms in total. The highest BCUT2D eigenvalue weighted by Crippen LogP contribution is 2.22. The Hall–Kier alpha value is -1.39. The zero-order chi connectivity index (χ0) is 12.1. The number of hydrogen-bond acceptors (Lipinski definition) is 2. The van der Waals surface area contributed by atoms with Gasteiger partial charge in [-0.05, 0) is 46.3 Å². The van der Waals surface area contributed by atoms with Gasteiger partial charge in [-0.25, -0.2) is 0 Å². The van der Waals surface area contributed by atoms with E-state index in [0.29, 0.717) is 0 Å². The Labute approximate surface area is 112 Å². The first-order valence-electron chi connectivity index (χ1n) is 5.03. The molecule has 0 fully saturated rings. The van der Waals surface area contributed by atoms with E-state index in [9.17, 15) is 4.79 Å². The van der Waals surface area contributed by atoms with Gasteiger partial charge in [-0.2, -0.15) is 0 Å². The summed E-state index contributed by atoms with van der Waals surface area (Å²) >= 11 is 4.96. The number of amides is 1. The van der Waals surface area contributed by atoms with E-state index < -0.39 is 0 Å². The molecular weight excluding hydrogens is 298 g/mol. The van der Waals surface area contributed by atoms with Gasteiger partial charge in [-0.1, -0.05) is 18.2 Å². The lowest BCUT2D eigenvalue weighted by Gasteiger charge is -1.99. The van der Waals surface area contributed by atoms with Gasteiger partial charge in [0.25, 0.3) is 0 Å². The highest BCUT2D eigenvalue weighted by molar-refractivity contribution is 9.11. The molecule has 0 saturated carbocycles. The van der Waals surface area contributed by atoms with Crippen LogP contribution < -0.4 is 5.32 Å². The van der Waals surface area contributed by atoms with Crippen LogP contribution in [0.15, 0.2) is 52.3 Å². The van der Waals surface area contributed by atoms with Crippen LogP contribution in [0.2, 0.25) is 0 Å². The summed E-state index contributed by atoms with van der Waals surface area (Å²) in [6.07, 6.45) is 3.33. The van der Waals surface area contributed by atoms with E-state index in [1.165, 1.54) is 6.08 Å². The largest absolute Gasteiger partial charge is 0.323 e. The molecule has 2 rings (SSSR count). The van der Waals surface area contributed by atoms with Crippen LogP contribution in [0.1, 0.15) is 4.88 Å². The third kappa shape index (κ3) is 3.84. The van der Waals surface area contributed by atoms with Crippen molar-refractivity contribution in [2.24, 2.45) is 0 Å². The Morgan fingerprint density at radius 2 is 1.94 bits per heavy atom. The van der Waals surface area contributed by atoms with Crippen LogP contribution in [0.4, 0.5) is 5.69 Å². The number of rotatable bonds is 3. The SMILES string of the molecule is O=C(C=Cc1ccc(Br)s1)Nc1ccccc1. The smallest absolute Gasteiger partial charge is 0.248 e. The summed E-state index contributed by atoms with van der Waals surface area (Å²) in [5, 5.41) is 2.79. The molecule has 0 aliphatic heterocycles. The Morgan fingerprint density at radius 1 is 1.18 bits per heavy atom. The van der Waals surface area contributed by atoms with E-state index in [-0.39, 0.29) is 5.91 Å². The van der Waals surface area contributed by atoms with Crippen LogP contribution in [-0.2, 0) is 4.79 Å². The molecule has 0 spiro atoms. The van der Waals surface area contributed by atoms with Crippen LogP contribution >= 0.6 is 27.3 Å². The van der Waals surface area contributed by atoms with Crippen molar-refractivity contribution < 1.29 is 4.79 Å². The quantitative estimate of drug-likeness (QED) is 0.848. The highest BCUT2D eigenvalue weighted by atomic mass is 79.9. The number of benzene rings is 1. The second kappa shape index (κ2) is 5.80. The maximum Gasteiger partial charge on any atom is 0.248 e. The molecule has 1 aromatic heterocycles. The number of halogens is 1. The molecule has 1 aromatic carbocycles. The standard InChI is InChI=1S/C13H10BrNOS/c14-12-8-6-11(17-12)7-9-13(16)15-10-4-2-1-3-5-10/h1-9H,(H,15,16). The fourth-order valence-electron chi connectivity index (χ4n) is 1.28. The molecule has 1 N–H and O–H groups in total. The van der Waals surface area contributed by atoms with Crippen LogP contribution in [0.5, 0.6) is 0 Å². The molecule has 0 saturated heterocycles. The van der Waals surface area contributed by atoms with Gasteiger partial charge in [0.1, 0.15) is 0 Å². The predicted molar refractivity (Wildman–Crippen MR) is 76.1 cm³/mol. The highest BCUT2D eigenvalue weighted by Gasteiger charge is 1.97. The summed E-state index contributed by atoms with van der Waals surface area (Å²) in [4.78, 5) is 12.6. The molecule has 0 aliphatic carbocycles. The van der Waals surface area contributed by atoms with Crippen molar-refractivity contribution in [3.05, 3.63) is 57.2 Å². The van der Waals surface area contributed by atoms with Gasteiger partial charge in [0.05, 0.1) is 3.79 Å². The van der Waals surface area contributed by atoms with Gasteiger partial charge in [0.15, 0.2) is 0 Å². The lowest BCUT2D eigenvalue weighted by molar-refractivity contribution is -0.111. The second-order valence-electron chi connectivity index (χ2n) is 3.33. The molecule has 0 aliphatic rings. The third-order valence-electron chi connectivity index (χ3n) is 2.03. The number of thiophene rings is 1. The maximum atomic E-state index is 11.6. The Kier molecular flexibility index (Phi) is 4.12. The first kappa shape index (κ1) is 12.1. The fourth-order valence-corrected chi connectivity index (χ4v) is 2.61. The topological polar surface area (TPSA) is 29.1 Å². The van der Waals surface area contributed by atoms with Crippen LogP contribution in [0, 0.1) is 0 Å². The molecule has 86 valence electrons. The van der Waals surface area contributed by atoms with Crippen molar-refractivity contribution in [3.63, 3.8) is 0 Å². The summed E-state index contributed by atoms with van der Waals surface area (Å²) in [5.74, 6) is -0.124. The number of anilines is 1. The summed E-state index contributed by atoms with van der Waals surface area (Å²) < 4.78 is 1.06. The van der Waals surface area contributed by atoms with Crippen molar-refractivity contribution in [3.8, 4) is 0 Å². The molecule has 0 atom stereocenters. The Bertz CT molecular complexity index is 533. The number of hydrogen-bond donors (Lipinski definition) is 1. The van der Waals surface area contributed by atoms with E-state index in [1.807, 2.05) is 42.5 Å². The monoisotopic (exact) mass is 307 g/mol. The van der Waals surface area contributed by atoms with Crippen molar-refractivity contribution in [1.82, 2.24) is 0 Å². The zero-order valence-electron chi connectivity index (χ0n) is 8.89. The molecule has 0 bridgehead atoms. The van der Waals surface area contributed by atoms with E-state index in [4.69, 9.17) is 0 Å². The summed E-state index contributed by atoms with van der Waals surface area (Å²) in [6.45, 7) is 0. The molecule has 1 amide bonds. The van der Waals surface area contributed by atoms with Crippen molar-refractivity contribution in [2.75, 3.05) is 5.32 Å². The predicted octanol–water partition coefficient (Wildman–Crippen LogP) is 4.16. The van der Waals surface area contributed by atoms with Gasteiger partial charge >= 0.3 is 0 Å². The van der Waals surface area contributed by atoms with Gasteiger partial charge in [-0.15, -0.1) is 11.3 Å². The van der Waals surface area contributed by atoms with E-state index in [1.54, 1.807) is 17.4 Å². The average molecular weight is 308 g/mol. The van der Waals surface area contributed by atoms with Gasteiger partial charge < -0.3 is 5.32 Å². The van der Waals surface area contributed by atoms with Gasteiger partial charge in [0.2, 0.25) is 5.91 Å². The normalized spacial score (nSPS) is 10.6. The molecular formula is C13H10BrNOS. The van der Waals surface area contributed by atoms with Crippen LogP contribution in [-0.4, -0.2) is 5.91 Å². The van der Waals surface area contributed by atoms with Crippen LogP contribution in [0.3, 0.4) is 0 Å². The van der Waals surface area contributed by atoms with Crippen molar-refractivity contribution >= 4 is 44.9 Å². The number of nitrogens with one attached hydrogen (secondary N) is 1. The molecule has 17 heavy (non-hydrogen) atoms. The molecule has 0 unspecified atom stereocenters. The van der Waals surface area contributed by atoms with Crippen molar-refractivity contribution in [2.45, 2.75) is 0 Å². The molecule has 1 heterocycles. The average Bonchev–Trinajstić information content (AvgIpc) is 2.74. The minimum atomic E-state index is -0.124. The Morgan fingerprint density at radius 3 is 2.59 bits per heavy atom. The first-order chi connectivity index (χ1) is 8.24. The number of carbonyl (C=O) groups is 1. The minimum absolute atomic E-state index is 0.124. The summed E-state index contributed by atoms with van der Waals surface area (Å²) in [6, 6.07) is 13.3. The summed E-state index contributed by atoms with van der Waals surface area (Å²) in [7, 11) is 0. The summed E-state index contributed by atoms with van der Waals surface area (Å²) in [5.41, 5.74) is 0.800. The maximum absolute atomic E-state index is 11.6. The van der Waals surface area contributed by atoms with E-state index in [0.717, 1.165) is 14.4 Å². The second-order valence-corrected chi connectivity index (χ2v) is 5.83. The number of para-hydroxylation sites is 1. The lowest BCUT2D eigenvalue weighted by atomic mass is 10.3. The molecule has 2 aromatic rings. The van der Waals surface area contributed by atoms with Crippen molar-refractivity contribution in [1.29, 1.82) is 0 Å². The fraction of sp³-hybridized carbons (Fsp3) is 0. The van der Waals surface area contributed by atoms with Crippen LogP contribution in [0.25, 0.3) is 6.08 Å². The lowest BCUT2D eigenvalue weighted by Crippen LogP contribution is -2.07. The van der Waals surface area contributed by atoms with Gasteiger partial charge in [0, 0.05) is 16.6 Å². The first-order valence-corrected chi connectivity index (χ1v) is 6.64. The zero-order valence-corrected chi connectivity index (χ0v) is 11.3. The molecule has 0 radical (unpaired) electrons. The Balaban J connectivity index is 1.96.